The van der Waals surface area contributed by atoms with Crippen molar-refractivity contribution in [3.63, 3.8) is 0 Å². The van der Waals surface area contributed by atoms with Crippen LogP contribution in [0.2, 0.25) is 0 Å². The summed E-state index contributed by atoms with van der Waals surface area (Å²) in [6.07, 6.45) is -0.342. The third kappa shape index (κ3) is 9.54. The van der Waals surface area contributed by atoms with Crippen LogP contribution in [0.25, 0.3) is 0 Å². The van der Waals surface area contributed by atoms with Gasteiger partial charge < -0.3 is 15.0 Å². The Morgan fingerprint density at radius 3 is 2.07 bits per heavy atom. The highest BCUT2D eigenvalue weighted by Gasteiger charge is 2.23. The van der Waals surface area contributed by atoms with E-state index in [0.29, 0.717) is 13.1 Å². The van der Waals surface area contributed by atoms with Crippen molar-refractivity contribution < 1.29 is 14.3 Å². The highest BCUT2D eigenvalue weighted by atomic mass is 16.6. The van der Waals surface area contributed by atoms with Crippen LogP contribution in [0.3, 0.4) is 0 Å². The summed E-state index contributed by atoms with van der Waals surface area (Å²) in [5, 5.41) is 2.84. The lowest BCUT2D eigenvalue weighted by molar-refractivity contribution is -0.119. The molecule has 1 amide bonds. The molecular formula is C21H37N3O3. The standard InChI is InChI=1S/C17H25N3O3.2C2H6/c1-14(21)16(18-2)13-23-17(22)20-10-8-19(9-11-20)12-15-6-4-3-5-7-15;2*1-2/h3-7,16,18H,8-13H2,1-2H3;2*1-2H3. The second-order valence-electron chi connectivity index (χ2n) is 5.78. The zero-order chi connectivity index (χ0) is 20.7. The van der Waals surface area contributed by atoms with E-state index in [2.05, 4.69) is 22.3 Å². The number of carbonyl (C=O) groups is 2. The Bertz CT molecular complexity index is 515. The van der Waals surface area contributed by atoms with Crippen molar-refractivity contribution >= 4 is 11.9 Å². The molecule has 1 atom stereocenters. The number of ketones is 1. The summed E-state index contributed by atoms with van der Waals surface area (Å²) in [4.78, 5) is 27.4. The van der Waals surface area contributed by atoms with Crippen molar-refractivity contribution in [3.05, 3.63) is 35.9 Å². The molecule has 0 aromatic heterocycles. The highest BCUT2D eigenvalue weighted by Crippen LogP contribution is 2.09. The Hall–Kier alpha value is -1.92. The van der Waals surface area contributed by atoms with E-state index in [1.54, 1.807) is 11.9 Å². The number of nitrogens with zero attached hydrogens (tertiary/aromatic N) is 2. The summed E-state index contributed by atoms with van der Waals surface area (Å²) in [5.41, 5.74) is 1.28. The van der Waals surface area contributed by atoms with Crippen LogP contribution in [-0.4, -0.2) is 67.6 Å². The van der Waals surface area contributed by atoms with Gasteiger partial charge in [-0.25, -0.2) is 4.79 Å². The number of hydrogen-bond donors (Lipinski definition) is 1. The molecule has 0 saturated carbocycles. The SMILES string of the molecule is CC.CC.CNC(COC(=O)N1CCN(Cc2ccccc2)CC1)C(C)=O. The summed E-state index contributed by atoms with van der Waals surface area (Å²) in [6, 6.07) is 9.88. The Labute approximate surface area is 164 Å². The zero-order valence-corrected chi connectivity index (χ0v) is 17.8. The molecule has 1 aromatic rings. The van der Waals surface area contributed by atoms with E-state index in [-0.39, 0.29) is 18.5 Å². The van der Waals surface area contributed by atoms with Crippen LogP contribution in [0, 0.1) is 0 Å². The molecule has 154 valence electrons. The zero-order valence-electron chi connectivity index (χ0n) is 17.8. The first kappa shape index (κ1) is 25.1. The van der Waals surface area contributed by atoms with Crippen molar-refractivity contribution in [1.29, 1.82) is 0 Å². The maximum absolute atomic E-state index is 12.1. The molecule has 1 heterocycles. The number of ether oxygens (including phenoxy) is 1. The minimum Gasteiger partial charge on any atom is -0.447 e. The minimum atomic E-state index is -0.432. The summed E-state index contributed by atoms with van der Waals surface area (Å²) >= 11 is 0. The number of carbonyl (C=O) groups excluding carboxylic acids is 2. The summed E-state index contributed by atoms with van der Waals surface area (Å²) in [5.74, 6) is -0.0343. The molecule has 6 heteroatoms. The third-order valence-corrected chi connectivity index (χ3v) is 4.09. The third-order valence-electron chi connectivity index (χ3n) is 4.09. The lowest BCUT2D eigenvalue weighted by Crippen LogP contribution is -2.49. The predicted octanol–water partition coefficient (Wildman–Crippen LogP) is 3.17. The molecule has 6 nitrogen and oxygen atoms in total. The number of benzene rings is 1. The van der Waals surface area contributed by atoms with Gasteiger partial charge in [-0.1, -0.05) is 58.0 Å². The van der Waals surface area contributed by atoms with Crippen LogP contribution < -0.4 is 5.32 Å². The van der Waals surface area contributed by atoms with Gasteiger partial charge in [0.1, 0.15) is 18.4 Å². The fraction of sp³-hybridized carbons (Fsp3) is 0.619. The van der Waals surface area contributed by atoms with E-state index in [9.17, 15) is 9.59 Å². The molecule has 2 rings (SSSR count). The van der Waals surface area contributed by atoms with E-state index >= 15 is 0 Å². The Balaban J connectivity index is 0.00000158. The number of amides is 1. The van der Waals surface area contributed by atoms with Gasteiger partial charge in [-0.05, 0) is 19.5 Å². The van der Waals surface area contributed by atoms with Crippen molar-refractivity contribution in [3.8, 4) is 0 Å². The summed E-state index contributed by atoms with van der Waals surface area (Å²) < 4.78 is 5.23. The molecule has 0 radical (unpaired) electrons. The molecule has 1 unspecified atom stereocenters. The van der Waals surface area contributed by atoms with Gasteiger partial charge in [-0.3, -0.25) is 9.69 Å². The van der Waals surface area contributed by atoms with Crippen molar-refractivity contribution in [2.24, 2.45) is 0 Å². The minimum absolute atomic E-state index is 0.0343. The van der Waals surface area contributed by atoms with Crippen molar-refractivity contribution in [2.45, 2.75) is 47.2 Å². The van der Waals surface area contributed by atoms with E-state index in [0.717, 1.165) is 19.6 Å². The number of nitrogens with one attached hydrogen (secondary N) is 1. The quantitative estimate of drug-likeness (QED) is 0.823. The highest BCUT2D eigenvalue weighted by molar-refractivity contribution is 5.81. The largest absolute Gasteiger partial charge is 0.447 e. The maximum Gasteiger partial charge on any atom is 0.409 e. The molecule has 27 heavy (non-hydrogen) atoms. The average Bonchev–Trinajstić information content (AvgIpc) is 2.72. The van der Waals surface area contributed by atoms with Gasteiger partial charge in [0.15, 0.2) is 0 Å². The molecular weight excluding hydrogens is 342 g/mol. The monoisotopic (exact) mass is 379 g/mol. The van der Waals surface area contributed by atoms with Gasteiger partial charge in [-0.15, -0.1) is 0 Å². The summed E-state index contributed by atoms with van der Waals surface area (Å²) in [6.45, 7) is 13.4. The van der Waals surface area contributed by atoms with Crippen LogP contribution in [-0.2, 0) is 16.1 Å². The fourth-order valence-electron chi connectivity index (χ4n) is 2.58. The van der Waals surface area contributed by atoms with Gasteiger partial charge in [0, 0.05) is 32.7 Å². The lowest BCUT2D eigenvalue weighted by atomic mass is 10.2. The van der Waals surface area contributed by atoms with E-state index < -0.39 is 6.04 Å². The normalized spacial score (nSPS) is 14.8. The molecule has 1 aromatic carbocycles. The van der Waals surface area contributed by atoms with E-state index in [1.807, 2.05) is 45.9 Å². The number of likely N-dealkylation sites (N-methyl/N-ethyl adjacent to an activating group) is 1. The number of hydrogen-bond acceptors (Lipinski definition) is 5. The average molecular weight is 380 g/mol. The van der Waals surface area contributed by atoms with E-state index in [1.165, 1.54) is 12.5 Å². The second-order valence-corrected chi connectivity index (χ2v) is 5.78. The topological polar surface area (TPSA) is 61.9 Å². The van der Waals surface area contributed by atoms with Crippen molar-refractivity contribution in [2.75, 3.05) is 39.8 Å². The van der Waals surface area contributed by atoms with Gasteiger partial charge in [0.05, 0.1) is 0 Å². The lowest BCUT2D eigenvalue weighted by Gasteiger charge is -2.34. The number of rotatable bonds is 6. The molecule has 0 spiro atoms. The number of piperazine rings is 1. The molecule has 1 aliphatic rings. The molecule has 1 saturated heterocycles. The van der Waals surface area contributed by atoms with Crippen LogP contribution >= 0.6 is 0 Å². The first-order valence-electron chi connectivity index (χ1n) is 9.96. The van der Waals surface area contributed by atoms with Crippen LogP contribution in [0.4, 0.5) is 4.79 Å². The molecule has 1 fully saturated rings. The Morgan fingerprint density at radius 2 is 1.59 bits per heavy atom. The van der Waals surface area contributed by atoms with Gasteiger partial charge in [0.2, 0.25) is 0 Å². The van der Waals surface area contributed by atoms with Gasteiger partial charge in [-0.2, -0.15) is 0 Å². The predicted molar refractivity (Wildman–Crippen MR) is 111 cm³/mol. The van der Waals surface area contributed by atoms with Crippen LogP contribution in [0.15, 0.2) is 30.3 Å². The second kappa shape index (κ2) is 15.2. The molecule has 0 aliphatic carbocycles. The molecule has 1 aliphatic heterocycles. The first-order valence-corrected chi connectivity index (χ1v) is 9.96. The van der Waals surface area contributed by atoms with Gasteiger partial charge >= 0.3 is 6.09 Å². The fourth-order valence-corrected chi connectivity index (χ4v) is 2.58. The summed E-state index contributed by atoms with van der Waals surface area (Å²) in [7, 11) is 1.68. The van der Waals surface area contributed by atoms with Crippen molar-refractivity contribution in [1.82, 2.24) is 15.1 Å². The van der Waals surface area contributed by atoms with Gasteiger partial charge in [0.25, 0.3) is 0 Å². The molecule has 0 bridgehead atoms. The molecule has 1 N–H and O–H groups in total. The van der Waals surface area contributed by atoms with E-state index in [4.69, 9.17) is 4.74 Å². The van der Waals surface area contributed by atoms with Crippen LogP contribution in [0.1, 0.15) is 40.2 Å². The Morgan fingerprint density at radius 1 is 1.04 bits per heavy atom. The number of Topliss-reactive ketones (excluding diaryl/α,β-unsaturated/α-hetero) is 1. The Kier molecular flexibility index (Phi) is 14.1. The maximum atomic E-state index is 12.1. The smallest absolute Gasteiger partial charge is 0.409 e. The first-order chi connectivity index (χ1) is 13.1. The van der Waals surface area contributed by atoms with Crippen LogP contribution in [0.5, 0.6) is 0 Å².